The summed E-state index contributed by atoms with van der Waals surface area (Å²) < 4.78 is 52.7. The smallest absolute Gasteiger partial charge is 0.336 e. The third kappa shape index (κ3) is 4.93. The van der Waals surface area contributed by atoms with E-state index in [4.69, 9.17) is 0 Å². The molecule has 10 heteroatoms. The lowest BCUT2D eigenvalue weighted by Gasteiger charge is -2.28. The molecule has 1 aromatic heterocycles. The van der Waals surface area contributed by atoms with Crippen molar-refractivity contribution in [3.63, 3.8) is 0 Å². The molecule has 1 aliphatic rings. The van der Waals surface area contributed by atoms with E-state index in [1.165, 1.54) is 27.9 Å². The van der Waals surface area contributed by atoms with Gasteiger partial charge in [-0.15, -0.1) is 10.2 Å². The van der Waals surface area contributed by atoms with Crippen molar-refractivity contribution in [2.45, 2.75) is 38.7 Å². The standard InChI is InChI=1S/C18H19F4N5O/c1-12-23-25-27(24-12)10-14-9-15(18(20,21)22)6-4-13(14)5-7-17(28)26-8-2-3-16(19)11-26/h4-7,9,16H,2-3,8,10-11H2,1H3/b7-5+/t16-/m1/s1. The number of amides is 1. The monoisotopic (exact) mass is 397 g/mol. The largest absolute Gasteiger partial charge is 0.416 e. The van der Waals surface area contributed by atoms with E-state index in [2.05, 4.69) is 15.4 Å². The van der Waals surface area contributed by atoms with Crippen LogP contribution < -0.4 is 0 Å². The molecule has 0 saturated carbocycles. The number of carbonyl (C=O) groups is 1. The lowest BCUT2D eigenvalue weighted by atomic mass is 10.0. The third-order valence-electron chi connectivity index (χ3n) is 4.42. The fourth-order valence-electron chi connectivity index (χ4n) is 3.02. The van der Waals surface area contributed by atoms with Gasteiger partial charge in [0.1, 0.15) is 6.17 Å². The highest BCUT2D eigenvalue weighted by molar-refractivity contribution is 5.92. The molecule has 2 heterocycles. The molecule has 1 amide bonds. The van der Waals surface area contributed by atoms with Gasteiger partial charge in [-0.3, -0.25) is 4.79 Å². The molecule has 0 spiro atoms. The Morgan fingerprint density at radius 1 is 1.36 bits per heavy atom. The summed E-state index contributed by atoms with van der Waals surface area (Å²) >= 11 is 0. The van der Waals surface area contributed by atoms with Gasteiger partial charge in [0.15, 0.2) is 5.82 Å². The minimum atomic E-state index is -4.50. The van der Waals surface area contributed by atoms with E-state index >= 15 is 0 Å². The van der Waals surface area contributed by atoms with E-state index in [1.54, 1.807) is 6.92 Å². The summed E-state index contributed by atoms with van der Waals surface area (Å²) in [5.74, 6) is 0.0213. The number of halogens is 4. The van der Waals surface area contributed by atoms with E-state index in [9.17, 15) is 22.4 Å². The summed E-state index contributed by atoms with van der Waals surface area (Å²) in [6.45, 7) is 2.08. The van der Waals surface area contributed by atoms with Gasteiger partial charge in [-0.25, -0.2) is 4.39 Å². The van der Waals surface area contributed by atoms with Crippen LogP contribution in [0.5, 0.6) is 0 Å². The fraction of sp³-hybridized carbons (Fsp3) is 0.444. The first-order valence-corrected chi connectivity index (χ1v) is 8.78. The van der Waals surface area contributed by atoms with Crippen LogP contribution in [0.15, 0.2) is 24.3 Å². The molecule has 6 nitrogen and oxygen atoms in total. The number of aryl methyl sites for hydroxylation is 1. The van der Waals surface area contributed by atoms with Gasteiger partial charge in [-0.1, -0.05) is 6.07 Å². The predicted molar refractivity (Wildman–Crippen MR) is 92.8 cm³/mol. The van der Waals surface area contributed by atoms with Gasteiger partial charge in [-0.05, 0) is 54.3 Å². The van der Waals surface area contributed by atoms with Crippen molar-refractivity contribution in [3.05, 3.63) is 46.8 Å². The quantitative estimate of drug-likeness (QED) is 0.588. The second-order valence-electron chi connectivity index (χ2n) is 6.64. The van der Waals surface area contributed by atoms with Gasteiger partial charge >= 0.3 is 6.18 Å². The zero-order valence-electron chi connectivity index (χ0n) is 15.2. The van der Waals surface area contributed by atoms with Crippen LogP contribution in [0.4, 0.5) is 17.6 Å². The van der Waals surface area contributed by atoms with Crippen LogP contribution in [0.3, 0.4) is 0 Å². The third-order valence-corrected chi connectivity index (χ3v) is 4.42. The number of benzene rings is 1. The summed E-state index contributed by atoms with van der Waals surface area (Å²) in [5.41, 5.74) is -0.0949. The number of hydrogen-bond acceptors (Lipinski definition) is 4. The number of nitrogens with zero attached hydrogens (tertiary/aromatic N) is 5. The Balaban J connectivity index is 1.85. The summed E-state index contributed by atoms with van der Waals surface area (Å²) in [4.78, 5) is 14.9. The molecule has 1 saturated heterocycles. The van der Waals surface area contributed by atoms with Crippen LogP contribution in [0, 0.1) is 6.92 Å². The highest BCUT2D eigenvalue weighted by Crippen LogP contribution is 2.31. The summed E-state index contributed by atoms with van der Waals surface area (Å²) in [6.07, 6.45) is -1.84. The average molecular weight is 397 g/mol. The van der Waals surface area contributed by atoms with Crippen LogP contribution in [-0.4, -0.2) is 50.3 Å². The minimum Gasteiger partial charge on any atom is -0.336 e. The van der Waals surface area contributed by atoms with Gasteiger partial charge in [0, 0.05) is 12.6 Å². The highest BCUT2D eigenvalue weighted by atomic mass is 19.4. The van der Waals surface area contributed by atoms with Crippen LogP contribution in [-0.2, 0) is 17.5 Å². The average Bonchev–Trinajstić information content (AvgIpc) is 3.04. The molecule has 3 rings (SSSR count). The first-order chi connectivity index (χ1) is 13.2. The van der Waals surface area contributed by atoms with Gasteiger partial charge in [0.25, 0.3) is 0 Å². The number of alkyl halides is 4. The van der Waals surface area contributed by atoms with Crippen molar-refractivity contribution in [1.82, 2.24) is 25.1 Å². The number of hydrogen-bond donors (Lipinski definition) is 0. The molecular weight excluding hydrogens is 378 g/mol. The molecule has 1 atom stereocenters. The summed E-state index contributed by atoms with van der Waals surface area (Å²) in [7, 11) is 0. The number of likely N-dealkylation sites (tertiary alicyclic amines) is 1. The normalized spacial score (nSPS) is 18.0. The molecule has 1 aliphatic heterocycles. The molecule has 150 valence electrons. The molecule has 2 aromatic rings. The van der Waals surface area contributed by atoms with Gasteiger partial charge in [0.2, 0.25) is 5.91 Å². The summed E-state index contributed by atoms with van der Waals surface area (Å²) in [6, 6.07) is 3.24. The first kappa shape index (κ1) is 20.0. The SMILES string of the molecule is Cc1nnn(Cc2cc(C(F)(F)F)ccc2/C=C/C(=O)N2CCC[C@@H](F)C2)n1. The molecule has 1 aromatic carbocycles. The Hall–Kier alpha value is -2.78. The maximum atomic E-state index is 13.5. The van der Waals surface area contributed by atoms with Gasteiger partial charge in [-0.2, -0.15) is 18.0 Å². The molecule has 28 heavy (non-hydrogen) atoms. The molecule has 0 N–H and O–H groups in total. The van der Waals surface area contributed by atoms with Crippen LogP contribution in [0.1, 0.15) is 35.4 Å². The zero-order chi connectivity index (χ0) is 20.3. The Labute approximate surface area is 158 Å². The van der Waals surface area contributed by atoms with Crippen molar-refractivity contribution >= 4 is 12.0 Å². The van der Waals surface area contributed by atoms with Gasteiger partial charge < -0.3 is 4.90 Å². The Morgan fingerprint density at radius 2 is 2.14 bits per heavy atom. The lowest BCUT2D eigenvalue weighted by molar-refractivity contribution is -0.137. The van der Waals surface area contributed by atoms with E-state index in [1.807, 2.05) is 0 Å². The number of piperidine rings is 1. The van der Waals surface area contributed by atoms with E-state index < -0.39 is 17.9 Å². The second kappa shape index (κ2) is 8.07. The number of tetrazole rings is 1. The Morgan fingerprint density at radius 3 is 2.79 bits per heavy atom. The topological polar surface area (TPSA) is 63.9 Å². The highest BCUT2D eigenvalue weighted by Gasteiger charge is 2.31. The van der Waals surface area contributed by atoms with E-state index in [0.29, 0.717) is 36.3 Å². The zero-order valence-corrected chi connectivity index (χ0v) is 15.2. The van der Waals surface area contributed by atoms with Crippen molar-refractivity contribution in [3.8, 4) is 0 Å². The Kier molecular flexibility index (Phi) is 5.76. The number of carbonyl (C=O) groups excluding carboxylic acids is 1. The maximum Gasteiger partial charge on any atom is 0.416 e. The first-order valence-electron chi connectivity index (χ1n) is 8.78. The van der Waals surface area contributed by atoms with Crippen LogP contribution >= 0.6 is 0 Å². The molecule has 0 unspecified atom stereocenters. The van der Waals surface area contributed by atoms with Crippen LogP contribution in [0.25, 0.3) is 6.08 Å². The number of aromatic nitrogens is 4. The molecular formula is C18H19F4N5O. The molecule has 0 aliphatic carbocycles. The molecule has 1 fully saturated rings. The summed E-state index contributed by atoms with van der Waals surface area (Å²) in [5, 5.41) is 11.5. The van der Waals surface area contributed by atoms with E-state index in [-0.39, 0.29) is 19.0 Å². The minimum absolute atomic E-state index is 0.0328. The maximum absolute atomic E-state index is 13.5. The second-order valence-corrected chi connectivity index (χ2v) is 6.64. The molecule has 0 radical (unpaired) electrons. The van der Waals surface area contributed by atoms with Gasteiger partial charge in [0.05, 0.1) is 18.7 Å². The lowest BCUT2D eigenvalue weighted by Crippen LogP contribution is -2.39. The number of rotatable bonds is 4. The molecule has 0 bridgehead atoms. The fourth-order valence-corrected chi connectivity index (χ4v) is 3.02. The van der Waals surface area contributed by atoms with Crippen molar-refractivity contribution in [2.75, 3.05) is 13.1 Å². The van der Waals surface area contributed by atoms with E-state index in [0.717, 1.165) is 12.1 Å². The van der Waals surface area contributed by atoms with Crippen LogP contribution in [0.2, 0.25) is 0 Å². The van der Waals surface area contributed by atoms with Crippen molar-refractivity contribution in [1.29, 1.82) is 0 Å². The van der Waals surface area contributed by atoms with Crippen molar-refractivity contribution in [2.24, 2.45) is 0 Å². The predicted octanol–water partition coefficient (Wildman–Crippen LogP) is 3.02. The van der Waals surface area contributed by atoms with Crippen molar-refractivity contribution < 1.29 is 22.4 Å². The Bertz CT molecular complexity index is 877.